The van der Waals surface area contributed by atoms with Crippen molar-refractivity contribution in [3.63, 3.8) is 0 Å². The first-order valence-corrected chi connectivity index (χ1v) is 10.2. The van der Waals surface area contributed by atoms with E-state index in [4.69, 9.17) is 4.42 Å². The van der Waals surface area contributed by atoms with E-state index >= 15 is 0 Å². The third kappa shape index (κ3) is 2.91. The van der Waals surface area contributed by atoms with Crippen LogP contribution in [0.2, 0.25) is 0 Å². The largest absolute Gasteiger partial charge is 0.455 e. The maximum atomic E-state index is 9.95. The Hall–Kier alpha value is -3.12. The maximum absolute atomic E-state index is 9.95. The minimum atomic E-state index is 0.198. The van der Waals surface area contributed by atoms with Crippen LogP contribution in [0.4, 0.5) is 0 Å². The van der Waals surface area contributed by atoms with Crippen molar-refractivity contribution < 1.29 is 8.98 Å². The standard InChI is InChI=1S/C26H27N2O/c1-15(2)19-13-20-18-11-10-17(5)24(22-9-7-8-12-28(22)6)25(18)29-26(20)23(16(3)4)21(19)14-27/h7-13,15-16H,1-6H3/q+1. The van der Waals surface area contributed by atoms with Crippen molar-refractivity contribution in [3.8, 4) is 17.3 Å². The average molecular weight is 384 g/mol. The average Bonchev–Trinajstić information content (AvgIpc) is 3.04. The van der Waals surface area contributed by atoms with E-state index in [9.17, 15) is 5.26 Å². The molecule has 2 heterocycles. The van der Waals surface area contributed by atoms with Gasteiger partial charge in [-0.3, -0.25) is 0 Å². The fraction of sp³-hybridized carbons (Fsp3) is 0.308. The third-order valence-corrected chi connectivity index (χ3v) is 5.83. The number of hydrogen-bond acceptors (Lipinski definition) is 2. The van der Waals surface area contributed by atoms with Crippen LogP contribution >= 0.6 is 0 Å². The van der Waals surface area contributed by atoms with Crippen molar-refractivity contribution in [2.45, 2.75) is 46.5 Å². The summed E-state index contributed by atoms with van der Waals surface area (Å²) >= 11 is 0. The Morgan fingerprint density at radius 1 is 0.966 bits per heavy atom. The van der Waals surface area contributed by atoms with E-state index in [0.29, 0.717) is 0 Å². The number of hydrogen-bond donors (Lipinski definition) is 0. The first-order chi connectivity index (χ1) is 13.8. The number of nitriles is 1. The number of nitrogens with zero attached hydrogens (tertiary/aromatic N) is 2. The lowest BCUT2D eigenvalue weighted by molar-refractivity contribution is -0.660. The lowest BCUT2D eigenvalue weighted by Crippen LogP contribution is -2.30. The Balaban J connectivity index is 2.21. The van der Waals surface area contributed by atoms with Crippen LogP contribution in [0.25, 0.3) is 33.2 Å². The molecule has 2 aromatic heterocycles. The van der Waals surface area contributed by atoms with Crippen molar-refractivity contribution >= 4 is 21.9 Å². The number of rotatable bonds is 3. The molecule has 4 rings (SSSR count). The molecule has 3 heteroatoms. The van der Waals surface area contributed by atoms with Crippen molar-refractivity contribution in [3.05, 3.63) is 64.8 Å². The number of fused-ring (bicyclic) bond motifs is 3. The molecule has 0 aliphatic rings. The quantitative estimate of drug-likeness (QED) is 0.379. The molecule has 0 fully saturated rings. The highest BCUT2D eigenvalue weighted by Gasteiger charge is 2.25. The molecule has 0 aliphatic carbocycles. The summed E-state index contributed by atoms with van der Waals surface area (Å²) in [4.78, 5) is 0. The number of aromatic nitrogens is 1. The van der Waals surface area contributed by atoms with Crippen LogP contribution in [0.3, 0.4) is 0 Å². The predicted octanol–water partition coefficient (Wildman–Crippen LogP) is 6.50. The second kappa shape index (κ2) is 7.04. The summed E-state index contributed by atoms with van der Waals surface area (Å²) in [6, 6.07) is 15.2. The van der Waals surface area contributed by atoms with Gasteiger partial charge in [0, 0.05) is 28.5 Å². The van der Waals surface area contributed by atoms with Gasteiger partial charge in [0.15, 0.2) is 6.20 Å². The molecule has 3 nitrogen and oxygen atoms in total. The summed E-state index contributed by atoms with van der Waals surface area (Å²) in [6.45, 7) is 10.7. The van der Waals surface area contributed by atoms with E-state index in [1.807, 2.05) is 6.07 Å². The number of pyridine rings is 1. The van der Waals surface area contributed by atoms with Crippen molar-refractivity contribution in [2.24, 2.45) is 7.05 Å². The molecule has 0 unspecified atom stereocenters. The lowest BCUT2D eigenvalue weighted by atomic mass is 9.87. The maximum Gasteiger partial charge on any atom is 0.216 e. The highest BCUT2D eigenvalue weighted by atomic mass is 16.3. The summed E-state index contributed by atoms with van der Waals surface area (Å²) < 4.78 is 8.70. The number of aryl methyl sites for hydroxylation is 2. The second-order valence-corrected chi connectivity index (χ2v) is 8.49. The zero-order chi connectivity index (χ0) is 20.9. The van der Waals surface area contributed by atoms with Gasteiger partial charge in [-0.25, -0.2) is 4.57 Å². The van der Waals surface area contributed by atoms with Gasteiger partial charge in [0.25, 0.3) is 0 Å². The van der Waals surface area contributed by atoms with Crippen LogP contribution in [-0.4, -0.2) is 0 Å². The monoisotopic (exact) mass is 383 g/mol. The van der Waals surface area contributed by atoms with Crippen LogP contribution in [0, 0.1) is 18.3 Å². The Labute approximate surface area is 172 Å². The molecule has 0 saturated carbocycles. The molecule has 0 spiro atoms. The highest BCUT2D eigenvalue weighted by Crippen LogP contribution is 2.42. The van der Waals surface area contributed by atoms with Gasteiger partial charge >= 0.3 is 0 Å². The van der Waals surface area contributed by atoms with Gasteiger partial charge in [-0.05, 0) is 42.0 Å². The minimum absolute atomic E-state index is 0.198. The molecule has 4 aromatic rings. The molecule has 0 radical (unpaired) electrons. The van der Waals surface area contributed by atoms with Gasteiger partial charge in [-0.1, -0.05) is 39.8 Å². The van der Waals surface area contributed by atoms with Crippen molar-refractivity contribution in [1.29, 1.82) is 5.26 Å². The first kappa shape index (κ1) is 19.2. The zero-order valence-corrected chi connectivity index (χ0v) is 18.0. The Bertz CT molecular complexity index is 1290. The van der Waals surface area contributed by atoms with Crippen molar-refractivity contribution in [2.75, 3.05) is 0 Å². The van der Waals surface area contributed by atoms with Crippen LogP contribution in [0.5, 0.6) is 0 Å². The Morgan fingerprint density at radius 3 is 2.34 bits per heavy atom. The molecule has 29 heavy (non-hydrogen) atoms. The fourth-order valence-corrected chi connectivity index (χ4v) is 4.35. The van der Waals surface area contributed by atoms with Crippen LogP contribution in [0.15, 0.2) is 47.0 Å². The Kier molecular flexibility index (Phi) is 4.67. The summed E-state index contributed by atoms with van der Waals surface area (Å²) in [5, 5.41) is 12.2. The van der Waals surface area contributed by atoms with E-state index in [2.05, 4.69) is 88.8 Å². The van der Waals surface area contributed by atoms with Gasteiger partial charge in [0.1, 0.15) is 18.2 Å². The number of benzene rings is 2. The van der Waals surface area contributed by atoms with Crippen LogP contribution in [0.1, 0.15) is 61.8 Å². The highest BCUT2D eigenvalue weighted by molar-refractivity contribution is 6.11. The Morgan fingerprint density at radius 2 is 1.72 bits per heavy atom. The first-order valence-electron chi connectivity index (χ1n) is 10.2. The molecule has 0 N–H and O–H groups in total. The molecular weight excluding hydrogens is 356 g/mol. The third-order valence-electron chi connectivity index (χ3n) is 5.83. The van der Waals surface area contributed by atoms with Crippen LogP contribution < -0.4 is 4.57 Å². The lowest BCUT2D eigenvalue weighted by Gasteiger charge is -2.15. The van der Waals surface area contributed by atoms with Gasteiger partial charge in [-0.15, -0.1) is 0 Å². The summed E-state index contributed by atoms with van der Waals surface area (Å²) in [7, 11) is 2.06. The molecule has 0 bridgehead atoms. The summed E-state index contributed by atoms with van der Waals surface area (Å²) in [5.41, 5.74) is 8.03. The second-order valence-electron chi connectivity index (χ2n) is 8.49. The smallest absolute Gasteiger partial charge is 0.216 e. The van der Waals surface area contributed by atoms with Gasteiger partial charge < -0.3 is 4.42 Å². The molecule has 0 atom stereocenters. The summed E-state index contributed by atoms with van der Waals surface area (Å²) in [5.74, 6) is 0.470. The zero-order valence-electron chi connectivity index (χ0n) is 18.0. The van der Waals surface area contributed by atoms with E-state index < -0.39 is 0 Å². The fourth-order valence-electron chi connectivity index (χ4n) is 4.35. The van der Waals surface area contributed by atoms with Crippen molar-refractivity contribution in [1.82, 2.24) is 0 Å². The van der Waals surface area contributed by atoms with Crippen LogP contribution in [-0.2, 0) is 7.05 Å². The summed E-state index contributed by atoms with van der Waals surface area (Å²) in [6.07, 6.45) is 2.06. The minimum Gasteiger partial charge on any atom is -0.455 e. The van der Waals surface area contributed by atoms with E-state index in [-0.39, 0.29) is 11.8 Å². The predicted molar refractivity (Wildman–Crippen MR) is 118 cm³/mol. The SMILES string of the molecule is Cc1ccc2c(oc3c(C(C)C)c(C#N)c(C(C)C)cc32)c1-c1cccc[n+]1C. The van der Waals surface area contributed by atoms with Gasteiger partial charge in [0.05, 0.1) is 17.2 Å². The molecule has 0 aliphatic heterocycles. The molecule has 0 amide bonds. The molecular formula is C26H27N2O+. The van der Waals surface area contributed by atoms with E-state index in [0.717, 1.165) is 49.9 Å². The molecule has 0 saturated heterocycles. The van der Waals surface area contributed by atoms with Gasteiger partial charge in [-0.2, -0.15) is 5.26 Å². The topological polar surface area (TPSA) is 40.8 Å². The van der Waals surface area contributed by atoms with E-state index in [1.54, 1.807) is 0 Å². The normalized spacial score (nSPS) is 11.7. The van der Waals surface area contributed by atoms with E-state index in [1.165, 1.54) is 5.56 Å². The molecule has 2 aromatic carbocycles. The molecule has 146 valence electrons. The number of furan rings is 1. The van der Waals surface area contributed by atoms with Gasteiger partial charge in [0.2, 0.25) is 5.69 Å².